The zero-order chi connectivity index (χ0) is 11.7. The Morgan fingerprint density at radius 2 is 2.06 bits per heavy atom. The van der Waals surface area contributed by atoms with E-state index in [0.717, 1.165) is 0 Å². The summed E-state index contributed by atoms with van der Waals surface area (Å²) in [6.45, 7) is 0. The number of aliphatic hydroxyl groups excluding tert-OH is 1. The number of halogens is 3. The van der Waals surface area contributed by atoms with Crippen molar-refractivity contribution in [1.82, 2.24) is 0 Å². The van der Waals surface area contributed by atoms with Crippen LogP contribution in [0, 0.1) is 5.82 Å². The first-order valence-electron chi connectivity index (χ1n) is 4.47. The van der Waals surface area contributed by atoms with Gasteiger partial charge in [0.05, 0.1) is 8.81 Å². The molecule has 1 aromatic heterocycles. The first kappa shape index (κ1) is 12.0. The molecule has 0 spiro atoms. The fraction of sp³-hybridized carbons (Fsp3) is 0.0909. The van der Waals surface area contributed by atoms with Crippen LogP contribution in [0.15, 0.2) is 34.8 Å². The van der Waals surface area contributed by atoms with Crippen LogP contribution >= 0.6 is 38.9 Å². The highest BCUT2D eigenvalue weighted by atomic mass is 79.9. The number of hydrogen-bond acceptors (Lipinski definition) is 2. The summed E-state index contributed by atoms with van der Waals surface area (Å²) in [4.78, 5) is 0.691. The molecule has 0 saturated carbocycles. The highest BCUT2D eigenvalue weighted by molar-refractivity contribution is 9.10. The molecule has 2 aromatic rings. The second kappa shape index (κ2) is 4.84. The van der Waals surface area contributed by atoms with E-state index >= 15 is 0 Å². The molecule has 0 saturated heterocycles. The van der Waals surface area contributed by atoms with E-state index < -0.39 is 6.10 Å². The number of hydrogen-bond donors (Lipinski definition) is 1. The molecule has 1 N–H and O–H groups in total. The summed E-state index contributed by atoms with van der Waals surface area (Å²) >= 11 is 10.2. The van der Waals surface area contributed by atoms with Crippen LogP contribution < -0.4 is 0 Å². The Morgan fingerprint density at radius 3 is 2.69 bits per heavy atom. The summed E-state index contributed by atoms with van der Waals surface area (Å²) in [7, 11) is 0. The Labute approximate surface area is 110 Å². The molecule has 1 atom stereocenters. The molecule has 5 heteroatoms. The molecular formula is C11H7BrClFOS. The number of thiophene rings is 1. The van der Waals surface area contributed by atoms with Gasteiger partial charge in [-0.15, -0.1) is 11.3 Å². The lowest BCUT2D eigenvalue weighted by Gasteiger charge is -2.11. The van der Waals surface area contributed by atoms with Crippen molar-refractivity contribution in [1.29, 1.82) is 0 Å². The Kier molecular flexibility index (Phi) is 3.64. The molecule has 1 unspecified atom stereocenters. The topological polar surface area (TPSA) is 20.2 Å². The Balaban J connectivity index is 2.41. The zero-order valence-electron chi connectivity index (χ0n) is 7.95. The minimum atomic E-state index is -0.859. The monoisotopic (exact) mass is 320 g/mol. The van der Waals surface area contributed by atoms with Gasteiger partial charge in [0.25, 0.3) is 0 Å². The maximum atomic E-state index is 13.3. The van der Waals surface area contributed by atoms with Gasteiger partial charge < -0.3 is 5.11 Å². The summed E-state index contributed by atoms with van der Waals surface area (Å²) < 4.78 is 14.2. The number of rotatable bonds is 2. The van der Waals surface area contributed by atoms with Gasteiger partial charge >= 0.3 is 0 Å². The highest BCUT2D eigenvalue weighted by Crippen LogP contribution is 2.34. The van der Waals surface area contributed by atoms with Crippen LogP contribution in [0.2, 0.25) is 4.34 Å². The molecule has 1 aromatic carbocycles. The van der Waals surface area contributed by atoms with Crippen molar-refractivity contribution >= 4 is 38.9 Å². The summed E-state index contributed by atoms with van der Waals surface area (Å²) in [6.07, 6.45) is -0.859. The molecule has 0 fully saturated rings. The van der Waals surface area contributed by atoms with Crippen LogP contribution in [0.4, 0.5) is 4.39 Å². The second-order valence-corrected chi connectivity index (χ2v) is 5.73. The molecule has 0 aliphatic heterocycles. The van der Waals surface area contributed by atoms with Gasteiger partial charge in [-0.1, -0.05) is 23.7 Å². The third-order valence-electron chi connectivity index (χ3n) is 2.14. The third kappa shape index (κ3) is 2.30. The highest BCUT2D eigenvalue weighted by Gasteiger charge is 2.17. The van der Waals surface area contributed by atoms with Crippen molar-refractivity contribution < 1.29 is 9.50 Å². The van der Waals surface area contributed by atoms with E-state index in [4.69, 9.17) is 11.6 Å². The quantitative estimate of drug-likeness (QED) is 0.870. The molecule has 84 valence electrons. The minimum Gasteiger partial charge on any atom is -0.383 e. The van der Waals surface area contributed by atoms with Gasteiger partial charge in [-0.2, -0.15) is 0 Å². The molecule has 2 rings (SSSR count). The Morgan fingerprint density at radius 1 is 1.31 bits per heavy atom. The molecule has 16 heavy (non-hydrogen) atoms. The summed E-state index contributed by atoms with van der Waals surface area (Å²) in [6, 6.07) is 8.01. The smallest absolute Gasteiger partial charge is 0.137 e. The van der Waals surface area contributed by atoms with E-state index in [9.17, 15) is 9.50 Å². The lowest BCUT2D eigenvalue weighted by Crippen LogP contribution is -1.99. The standard InChI is InChI=1S/C11H7BrClFOS/c12-10-6(2-1-3-7(10)14)11(15)8-4-5-9(13)16-8/h1-5,11,15H. The second-order valence-electron chi connectivity index (χ2n) is 3.19. The fourth-order valence-corrected chi connectivity index (χ4v) is 2.91. The number of benzene rings is 1. The number of aliphatic hydroxyl groups is 1. The van der Waals surface area contributed by atoms with Gasteiger partial charge in [0, 0.05) is 10.4 Å². The largest absolute Gasteiger partial charge is 0.383 e. The predicted octanol–water partition coefficient (Wildman–Crippen LogP) is 4.38. The van der Waals surface area contributed by atoms with Gasteiger partial charge in [0.1, 0.15) is 11.9 Å². The third-order valence-corrected chi connectivity index (χ3v) is 4.26. The van der Waals surface area contributed by atoms with Crippen LogP contribution in [-0.2, 0) is 0 Å². The lowest BCUT2D eigenvalue weighted by molar-refractivity contribution is 0.223. The zero-order valence-corrected chi connectivity index (χ0v) is 11.1. The van der Waals surface area contributed by atoms with E-state index in [0.29, 0.717) is 14.8 Å². The summed E-state index contributed by atoms with van der Waals surface area (Å²) in [5.41, 5.74) is 0.499. The van der Waals surface area contributed by atoms with Crippen molar-refractivity contribution in [3.63, 3.8) is 0 Å². The van der Waals surface area contributed by atoms with Gasteiger partial charge in [-0.25, -0.2) is 4.39 Å². The predicted molar refractivity (Wildman–Crippen MR) is 67.5 cm³/mol. The van der Waals surface area contributed by atoms with E-state index in [-0.39, 0.29) is 10.3 Å². The average Bonchev–Trinajstić information content (AvgIpc) is 2.68. The molecule has 1 heterocycles. The van der Waals surface area contributed by atoms with Crippen molar-refractivity contribution in [2.75, 3.05) is 0 Å². The average molecular weight is 322 g/mol. The van der Waals surface area contributed by atoms with Crippen LogP contribution in [0.5, 0.6) is 0 Å². The van der Waals surface area contributed by atoms with E-state index in [1.165, 1.54) is 17.4 Å². The van der Waals surface area contributed by atoms with Crippen molar-refractivity contribution in [3.8, 4) is 0 Å². The maximum Gasteiger partial charge on any atom is 0.137 e. The van der Waals surface area contributed by atoms with E-state index in [1.54, 1.807) is 24.3 Å². The summed E-state index contributed by atoms with van der Waals surface area (Å²) in [5, 5.41) is 10.1. The molecule has 0 radical (unpaired) electrons. The minimum absolute atomic E-state index is 0.284. The molecule has 0 bridgehead atoms. The van der Waals surface area contributed by atoms with Crippen molar-refractivity contribution in [3.05, 3.63) is 55.4 Å². The molecule has 0 amide bonds. The van der Waals surface area contributed by atoms with Crippen molar-refractivity contribution in [2.24, 2.45) is 0 Å². The van der Waals surface area contributed by atoms with Gasteiger partial charge in [0.2, 0.25) is 0 Å². The Bertz CT molecular complexity index is 514. The van der Waals surface area contributed by atoms with Crippen LogP contribution in [0.1, 0.15) is 16.5 Å². The fourth-order valence-electron chi connectivity index (χ4n) is 1.36. The van der Waals surface area contributed by atoms with Crippen LogP contribution in [0.25, 0.3) is 0 Å². The van der Waals surface area contributed by atoms with E-state index in [2.05, 4.69) is 15.9 Å². The van der Waals surface area contributed by atoms with Crippen LogP contribution in [0.3, 0.4) is 0 Å². The maximum absolute atomic E-state index is 13.3. The normalized spacial score (nSPS) is 12.8. The van der Waals surface area contributed by atoms with Gasteiger partial charge in [-0.05, 0) is 34.1 Å². The lowest BCUT2D eigenvalue weighted by atomic mass is 10.1. The van der Waals surface area contributed by atoms with E-state index in [1.807, 2.05) is 0 Å². The van der Waals surface area contributed by atoms with Gasteiger partial charge in [-0.3, -0.25) is 0 Å². The molecule has 0 aliphatic rings. The van der Waals surface area contributed by atoms with Crippen LogP contribution in [-0.4, -0.2) is 5.11 Å². The first-order chi connectivity index (χ1) is 7.59. The summed E-state index contributed by atoms with van der Waals surface area (Å²) in [5.74, 6) is -0.390. The first-order valence-corrected chi connectivity index (χ1v) is 6.45. The molecule has 0 aliphatic carbocycles. The van der Waals surface area contributed by atoms with Crippen molar-refractivity contribution in [2.45, 2.75) is 6.10 Å². The Hall–Kier alpha value is -0.420. The molecule has 1 nitrogen and oxygen atoms in total. The SMILES string of the molecule is OC(c1ccc(Cl)s1)c1cccc(F)c1Br. The molecular weight excluding hydrogens is 315 g/mol. The van der Waals surface area contributed by atoms with Gasteiger partial charge in [0.15, 0.2) is 0 Å².